The lowest BCUT2D eigenvalue weighted by atomic mass is 9.72. The maximum atomic E-state index is 6.39. The lowest BCUT2D eigenvalue weighted by Gasteiger charge is -2.46. The van der Waals surface area contributed by atoms with Crippen LogP contribution < -0.4 is 5.73 Å². The zero-order valence-corrected chi connectivity index (χ0v) is 11.0. The van der Waals surface area contributed by atoms with Gasteiger partial charge < -0.3 is 5.73 Å². The fourth-order valence-electron chi connectivity index (χ4n) is 4.06. The second kappa shape index (κ2) is 5.05. The summed E-state index contributed by atoms with van der Waals surface area (Å²) in [5.74, 6) is 0.988. The third-order valence-electron chi connectivity index (χ3n) is 5.08. The fraction of sp³-hybridized carbons (Fsp3) is 1.00. The first-order valence-corrected chi connectivity index (χ1v) is 7.23. The predicted molar refractivity (Wildman–Crippen MR) is 69.4 cm³/mol. The SMILES string of the molecule is CCCC1CCC2(CC1)C(N)CCN2CC. The average Bonchev–Trinajstić information content (AvgIpc) is 2.60. The largest absolute Gasteiger partial charge is 0.326 e. The first-order chi connectivity index (χ1) is 7.73. The van der Waals surface area contributed by atoms with Gasteiger partial charge in [0.2, 0.25) is 0 Å². The molecule has 16 heavy (non-hydrogen) atoms. The molecule has 1 spiro atoms. The van der Waals surface area contributed by atoms with Gasteiger partial charge in [0, 0.05) is 18.1 Å². The van der Waals surface area contributed by atoms with E-state index in [1.54, 1.807) is 0 Å². The summed E-state index contributed by atoms with van der Waals surface area (Å²) in [6.45, 7) is 7.02. The van der Waals surface area contributed by atoms with E-state index in [1.165, 1.54) is 58.0 Å². The Morgan fingerprint density at radius 2 is 1.88 bits per heavy atom. The van der Waals surface area contributed by atoms with Crippen LogP contribution in [0.1, 0.15) is 58.8 Å². The van der Waals surface area contributed by atoms with Gasteiger partial charge in [0.15, 0.2) is 0 Å². The molecule has 1 saturated carbocycles. The molecule has 0 aromatic carbocycles. The van der Waals surface area contributed by atoms with E-state index in [1.807, 2.05) is 0 Å². The fourth-order valence-corrected chi connectivity index (χ4v) is 4.06. The van der Waals surface area contributed by atoms with E-state index in [9.17, 15) is 0 Å². The summed E-state index contributed by atoms with van der Waals surface area (Å²) in [7, 11) is 0. The van der Waals surface area contributed by atoms with Crippen LogP contribution in [0.25, 0.3) is 0 Å². The van der Waals surface area contributed by atoms with E-state index in [-0.39, 0.29) is 0 Å². The first kappa shape index (κ1) is 12.4. The van der Waals surface area contributed by atoms with Crippen molar-refractivity contribution in [3.8, 4) is 0 Å². The van der Waals surface area contributed by atoms with Gasteiger partial charge in [-0.3, -0.25) is 4.90 Å². The van der Waals surface area contributed by atoms with Gasteiger partial charge in [-0.05, 0) is 44.6 Å². The van der Waals surface area contributed by atoms with Gasteiger partial charge in [-0.25, -0.2) is 0 Å². The molecular formula is C14H28N2. The smallest absolute Gasteiger partial charge is 0.0360 e. The maximum Gasteiger partial charge on any atom is 0.0360 e. The maximum absolute atomic E-state index is 6.39. The van der Waals surface area contributed by atoms with Gasteiger partial charge in [-0.2, -0.15) is 0 Å². The Labute approximate surface area is 101 Å². The highest BCUT2D eigenvalue weighted by Gasteiger charge is 2.47. The summed E-state index contributed by atoms with van der Waals surface area (Å²) < 4.78 is 0. The molecule has 1 unspecified atom stereocenters. The Morgan fingerprint density at radius 1 is 1.19 bits per heavy atom. The van der Waals surface area contributed by atoms with Crippen LogP contribution >= 0.6 is 0 Å². The molecule has 94 valence electrons. The Morgan fingerprint density at radius 3 is 2.44 bits per heavy atom. The minimum absolute atomic E-state index is 0.388. The van der Waals surface area contributed by atoms with Gasteiger partial charge in [0.05, 0.1) is 0 Å². The van der Waals surface area contributed by atoms with E-state index in [0.29, 0.717) is 11.6 Å². The molecule has 1 atom stereocenters. The van der Waals surface area contributed by atoms with E-state index in [0.717, 1.165) is 5.92 Å². The number of rotatable bonds is 3. The van der Waals surface area contributed by atoms with E-state index < -0.39 is 0 Å². The molecule has 2 heteroatoms. The Hall–Kier alpha value is -0.0800. The van der Waals surface area contributed by atoms with Crippen LogP contribution in [-0.2, 0) is 0 Å². The van der Waals surface area contributed by atoms with Crippen LogP contribution in [0.3, 0.4) is 0 Å². The Balaban J connectivity index is 1.99. The van der Waals surface area contributed by atoms with Gasteiger partial charge in [-0.15, -0.1) is 0 Å². The van der Waals surface area contributed by atoms with Crippen molar-refractivity contribution in [2.24, 2.45) is 11.7 Å². The van der Waals surface area contributed by atoms with Gasteiger partial charge in [-0.1, -0.05) is 26.7 Å². The van der Waals surface area contributed by atoms with Crippen molar-refractivity contribution in [3.05, 3.63) is 0 Å². The molecule has 0 bridgehead atoms. The van der Waals surface area contributed by atoms with Crippen LogP contribution in [0.2, 0.25) is 0 Å². The summed E-state index contributed by atoms with van der Waals surface area (Å²) in [5, 5.41) is 0. The molecule has 1 aliphatic carbocycles. The van der Waals surface area contributed by atoms with Gasteiger partial charge >= 0.3 is 0 Å². The lowest BCUT2D eigenvalue weighted by molar-refractivity contribution is 0.0657. The summed E-state index contributed by atoms with van der Waals surface area (Å²) in [4.78, 5) is 2.67. The third kappa shape index (κ3) is 2.02. The summed E-state index contributed by atoms with van der Waals surface area (Å²) in [5.41, 5.74) is 6.78. The molecule has 2 N–H and O–H groups in total. The van der Waals surface area contributed by atoms with Crippen molar-refractivity contribution in [2.75, 3.05) is 13.1 Å². The molecule has 2 nitrogen and oxygen atoms in total. The number of nitrogens with zero attached hydrogens (tertiary/aromatic N) is 1. The molecule has 0 aromatic rings. The minimum Gasteiger partial charge on any atom is -0.326 e. The van der Waals surface area contributed by atoms with Crippen molar-refractivity contribution in [1.82, 2.24) is 4.90 Å². The van der Waals surface area contributed by atoms with Gasteiger partial charge in [0.1, 0.15) is 0 Å². The summed E-state index contributed by atoms with van der Waals surface area (Å²) >= 11 is 0. The van der Waals surface area contributed by atoms with E-state index >= 15 is 0 Å². The highest BCUT2D eigenvalue weighted by molar-refractivity contribution is 5.06. The molecule has 0 amide bonds. The van der Waals surface area contributed by atoms with E-state index in [2.05, 4.69) is 18.7 Å². The van der Waals surface area contributed by atoms with Gasteiger partial charge in [0.25, 0.3) is 0 Å². The first-order valence-electron chi connectivity index (χ1n) is 7.23. The van der Waals surface area contributed by atoms with Crippen LogP contribution in [0.5, 0.6) is 0 Å². The molecular weight excluding hydrogens is 196 g/mol. The van der Waals surface area contributed by atoms with Crippen molar-refractivity contribution in [1.29, 1.82) is 0 Å². The summed E-state index contributed by atoms with van der Waals surface area (Å²) in [6, 6.07) is 0.440. The van der Waals surface area contributed by atoms with Crippen LogP contribution in [0, 0.1) is 5.92 Å². The monoisotopic (exact) mass is 224 g/mol. The van der Waals surface area contributed by atoms with Crippen LogP contribution in [0.4, 0.5) is 0 Å². The quantitative estimate of drug-likeness (QED) is 0.798. The van der Waals surface area contributed by atoms with E-state index in [4.69, 9.17) is 5.73 Å². The van der Waals surface area contributed by atoms with Crippen molar-refractivity contribution in [2.45, 2.75) is 70.4 Å². The number of likely N-dealkylation sites (N-methyl/N-ethyl adjacent to an activating group) is 1. The average molecular weight is 224 g/mol. The minimum atomic E-state index is 0.388. The third-order valence-corrected chi connectivity index (χ3v) is 5.08. The predicted octanol–water partition coefficient (Wildman–Crippen LogP) is 2.77. The highest BCUT2D eigenvalue weighted by Crippen LogP contribution is 2.43. The summed E-state index contributed by atoms with van der Waals surface area (Å²) in [6.07, 6.45) is 9.53. The van der Waals surface area contributed by atoms with Crippen LogP contribution in [-0.4, -0.2) is 29.6 Å². The molecule has 1 aliphatic heterocycles. The molecule has 2 aliphatic rings. The molecule has 2 fully saturated rings. The molecule has 0 radical (unpaired) electrons. The Kier molecular flexibility index (Phi) is 3.91. The van der Waals surface area contributed by atoms with Crippen LogP contribution in [0.15, 0.2) is 0 Å². The standard InChI is InChI=1S/C14H28N2/c1-3-5-12-6-9-14(10-7-12)13(15)8-11-16(14)4-2/h12-13H,3-11,15H2,1-2H3. The zero-order chi connectivity index (χ0) is 11.6. The second-order valence-corrected chi connectivity index (χ2v) is 5.81. The Bertz CT molecular complexity index is 219. The molecule has 0 aromatic heterocycles. The highest BCUT2D eigenvalue weighted by atomic mass is 15.2. The number of hydrogen-bond donors (Lipinski definition) is 1. The second-order valence-electron chi connectivity index (χ2n) is 5.81. The molecule has 1 heterocycles. The van der Waals surface area contributed by atoms with Crippen molar-refractivity contribution in [3.63, 3.8) is 0 Å². The molecule has 1 saturated heterocycles. The normalized spacial score (nSPS) is 40.7. The van der Waals surface area contributed by atoms with Crippen molar-refractivity contribution < 1.29 is 0 Å². The molecule has 2 rings (SSSR count). The number of hydrogen-bond acceptors (Lipinski definition) is 2. The zero-order valence-electron chi connectivity index (χ0n) is 11.0. The number of nitrogens with two attached hydrogens (primary N) is 1. The van der Waals surface area contributed by atoms with Crippen molar-refractivity contribution >= 4 is 0 Å². The lowest BCUT2D eigenvalue weighted by Crippen LogP contribution is -2.55. The topological polar surface area (TPSA) is 29.3 Å². The number of likely N-dealkylation sites (tertiary alicyclic amines) is 1.